The van der Waals surface area contributed by atoms with Crippen LogP contribution < -0.4 is 4.74 Å². The van der Waals surface area contributed by atoms with Crippen LogP contribution in [0.4, 0.5) is 4.39 Å². The third kappa shape index (κ3) is 19.4. The molecular formula is C107H131Cl5FN5O2. The molecule has 15 atom stereocenters. The lowest BCUT2D eigenvalue weighted by Gasteiger charge is -2.37. The summed E-state index contributed by atoms with van der Waals surface area (Å²) in [6, 6.07) is 81.9. The number of rotatable bonds is 12. The maximum absolute atomic E-state index is 13.4. The molecule has 10 aromatic carbocycles. The standard InChI is InChI=1S/C22H27NO.C22H25NO.C22H27N.C21H24FN.C20H23N.5ClH/c1-4-23-12-11-19-21(14-23)18-10-5-15(2)13-20(18)22(19)16-6-8-17(24-3)9-7-16;1-3-23-11-10-19-21(13-23)18-9-4-15(2)12-20(18)22(19)17-7-5-16(14-24)6-8-17;1-4-23-11-10-19-21(14-23)18-9-8-16(3)13-20(18)22(19)17-7-5-6-15(2)12-17;1-3-23-11-10-18-20(13-23)17-9-4-14(2)12-19(17)21(18)15-5-7-16(22)8-6-15;1-2-21-13-12-18-19(14-21)16-10-6-7-11-17(16)20(18)15-8-4-3-5-9-15;;;;;/h5-10,13,19,21-22H,4,11-12,14H2,1-3H3;4-9,12,14,19,21-22H,3,10-11,13H2,1-2H3;5-9,12-13,19,21-22H,4,10-11,14H2,1-3H3;4-9,12,18,20-21H,3,10-11,13H2,1-2H3;3-11,18-20H,2,12-14H2,1H3;5*1H/t3*19-,21-,22+;18-,20-,21+;18-,19-,20-;;;;;/m11111...../s1. The fourth-order valence-electron chi connectivity index (χ4n) is 23.7. The number of aldehydes is 1. The van der Waals surface area contributed by atoms with Crippen LogP contribution in [-0.2, 0) is 0 Å². The first-order valence-electron chi connectivity index (χ1n) is 44.3. The van der Waals surface area contributed by atoms with Gasteiger partial charge in [0.15, 0.2) is 0 Å². The second-order valence-electron chi connectivity index (χ2n) is 35.7. The minimum atomic E-state index is -0.145. The van der Waals surface area contributed by atoms with Gasteiger partial charge in [-0.05, 0) is 269 Å². The van der Waals surface area contributed by atoms with Gasteiger partial charge in [0.2, 0.25) is 0 Å². The van der Waals surface area contributed by atoms with Crippen molar-refractivity contribution in [1.29, 1.82) is 0 Å². The van der Waals surface area contributed by atoms with Gasteiger partial charge in [-0.3, -0.25) is 4.79 Å². The van der Waals surface area contributed by atoms with Crippen LogP contribution >= 0.6 is 62.0 Å². The monoisotopic (exact) mass is 1710 g/mol. The van der Waals surface area contributed by atoms with Crippen molar-refractivity contribution in [3.63, 3.8) is 0 Å². The summed E-state index contributed by atoms with van der Waals surface area (Å²) >= 11 is 0. The molecule has 5 aliphatic heterocycles. The first kappa shape index (κ1) is 93.5. The van der Waals surface area contributed by atoms with Crippen LogP contribution in [0.15, 0.2) is 224 Å². The van der Waals surface area contributed by atoms with Crippen LogP contribution in [-0.4, -0.2) is 136 Å². The Morgan fingerprint density at radius 1 is 0.300 bits per heavy atom. The van der Waals surface area contributed by atoms with E-state index in [4.69, 9.17) is 4.74 Å². The quantitative estimate of drug-likeness (QED) is 0.113. The van der Waals surface area contributed by atoms with E-state index in [1.54, 1.807) is 58.2 Å². The van der Waals surface area contributed by atoms with E-state index in [9.17, 15) is 9.18 Å². The van der Waals surface area contributed by atoms with Crippen molar-refractivity contribution in [2.45, 2.75) is 161 Å². The molecule has 10 aromatic rings. The highest BCUT2D eigenvalue weighted by Gasteiger charge is 2.49. The molecule has 10 aliphatic rings. The fraction of sp³-hybridized carbons (Fsp3) is 0.430. The van der Waals surface area contributed by atoms with E-state index in [0.717, 1.165) is 67.4 Å². The zero-order valence-corrected chi connectivity index (χ0v) is 76.8. The number of benzene rings is 10. The summed E-state index contributed by atoms with van der Waals surface area (Å²) < 4.78 is 18.7. The number of piperidine rings is 5. The minimum Gasteiger partial charge on any atom is -0.497 e. The number of ether oxygens (including phenoxy) is 1. The van der Waals surface area contributed by atoms with Crippen molar-refractivity contribution < 1.29 is 13.9 Å². The second-order valence-corrected chi connectivity index (χ2v) is 35.7. The molecule has 13 heteroatoms. The van der Waals surface area contributed by atoms with Crippen molar-refractivity contribution in [2.24, 2.45) is 29.6 Å². The number of likely N-dealkylation sites (N-methyl/N-ethyl adjacent to an activating group) is 5. The molecule has 5 heterocycles. The zero-order valence-electron chi connectivity index (χ0n) is 72.7. The highest BCUT2D eigenvalue weighted by atomic mass is 35.5. The largest absolute Gasteiger partial charge is 0.497 e. The van der Waals surface area contributed by atoms with E-state index in [0.29, 0.717) is 65.1 Å². The summed E-state index contributed by atoms with van der Waals surface area (Å²) in [5.41, 5.74) is 30.3. The van der Waals surface area contributed by atoms with E-state index in [-0.39, 0.29) is 67.9 Å². The number of fused-ring (bicyclic) bond motifs is 15. The molecular weight excluding hydrogens is 1580 g/mol. The summed E-state index contributed by atoms with van der Waals surface area (Å²) in [7, 11) is 1.74. The van der Waals surface area contributed by atoms with Crippen molar-refractivity contribution in [3.05, 3.63) is 347 Å². The van der Waals surface area contributed by atoms with Gasteiger partial charge in [0.05, 0.1) is 7.11 Å². The van der Waals surface area contributed by atoms with Crippen molar-refractivity contribution in [2.75, 3.05) is 105 Å². The highest BCUT2D eigenvalue weighted by molar-refractivity contribution is 5.86. The molecule has 638 valence electrons. The Morgan fingerprint density at radius 3 is 0.900 bits per heavy atom. The van der Waals surface area contributed by atoms with Crippen LogP contribution in [0.3, 0.4) is 0 Å². The summed E-state index contributed by atoms with van der Waals surface area (Å²) in [6.45, 7) is 40.4. The number of halogens is 6. The van der Waals surface area contributed by atoms with Gasteiger partial charge in [0.25, 0.3) is 0 Å². The molecule has 0 N–H and O–H groups in total. The number of nitrogens with zero attached hydrogens (tertiary/aromatic N) is 5. The third-order valence-electron chi connectivity index (χ3n) is 29.5. The van der Waals surface area contributed by atoms with Gasteiger partial charge < -0.3 is 29.2 Å². The van der Waals surface area contributed by atoms with E-state index in [1.165, 1.54) is 176 Å². The molecule has 0 bridgehead atoms. The predicted molar refractivity (Wildman–Crippen MR) is 510 cm³/mol. The molecule has 0 aromatic heterocycles. The average molecular weight is 1720 g/mol. The van der Waals surface area contributed by atoms with Crippen LogP contribution in [0.5, 0.6) is 5.75 Å². The summed E-state index contributed by atoms with van der Waals surface area (Å²) in [6.07, 6.45) is 7.36. The van der Waals surface area contributed by atoms with E-state index in [2.05, 4.69) is 282 Å². The molecule has 0 radical (unpaired) electrons. The van der Waals surface area contributed by atoms with Crippen LogP contribution in [0.2, 0.25) is 0 Å². The molecule has 0 unspecified atom stereocenters. The zero-order chi connectivity index (χ0) is 79.5. The van der Waals surface area contributed by atoms with Crippen LogP contribution in [0.1, 0.15) is 248 Å². The van der Waals surface area contributed by atoms with E-state index < -0.39 is 0 Å². The SMILES string of the molecule is CCN1CC[C@H]2[C@H](c3ccc(C=O)cc3)c3cc(C)ccc3[C@H]2C1.CCN1CC[C@H]2[C@H](c3ccc(F)cc3)c3cc(C)ccc3[C@H]2C1.CCN1CC[C@H]2[C@H](c3ccc(OC)cc3)c3cc(C)ccc3[C@H]2C1.CCN1CC[C@H]2[C@H](c3cccc(C)c3)c3cc(C)ccc3[C@H]2C1.CCN1CC[C@H]2[C@H](c3ccccc3)c3ccccc3[C@H]2C1.Cl.Cl.Cl.Cl.Cl. The number of hydrogen-bond donors (Lipinski definition) is 0. The van der Waals surface area contributed by atoms with E-state index in [1.807, 2.05) is 24.3 Å². The number of carbonyl (C=O) groups is 1. The number of likely N-dealkylation sites (tertiary alicyclic amines) is 5. The van der Waals surface area contributed by atoms with Crippen molar-refractivity contribution in [3.8, 4) is 5.75 Å². The smallest absolute Gasteiger partial charge is 0.150 e. The van der Waals surface area contributed by atoms with Gasteiger partial charge in [-0.1, -0.05) is 263 Å². The fourth-order valence-corrected chi connectivity index (χ4v) is 23.7. The molecule has 7 nitrogen and oxygen atoms in total. The minimum absolute atomic E-state index is 0. The number of aryl methyl sites for hydroxylation is 5. The summed E-state index contributed by atoms with van der Waals surface area (Å²) in [5, 5.41) is 0. The van der Waals surface area contributed by atoms with Gasteiger partial charge >= 0.3 is 0 Å². The highest BCUT2D eigenvalue weighted by Crippen LogP contribution is 2.59. The topological polar surface area (TPSA) is 42.5 Å². The van der Waals surface area contributed by atoms with Crippen LogP contribution in [0.25, 0.3) is 0 Å². The van der Waals surface area contributed by atoms with E-state index >= 15 is 0 Å². The lowest BCUT2D eigenvalue weighted by atomic mass is 9.78. The number of carbonyl (C=O) groups excluding carboxylic acids is 1. The molecule has 5 fully saturated rings. The molecule has 0 amide bonds. The van der Waals surface area contributed by atoms with Gasteiger partial charge in [-0.15, -0.1) is 62.0 Å². The Labute approximate surface area is 749 Å². The van der Waals surface area contributed by atoms with Crippen LogP contribution in [0, 0.1) is 70.0 Å². The summed E-state index contributed by atoms with van der Waals surface area (Å²) in [4.78, 5) is 24.0. The predicted octanol–water partition coefficient (Wildman–Crippen LogP) is 24.9. The summed E-state index contributed by atoms with van der Waals surface area (Å²) in [5.74, 6) is 10.4. The number of methoxy groups -OCH3 is 1. The van der Waals surface area contributed by atoms with Crippen molar-refractivity contribution >= 4 is 68.3 Å². The lowest BCUT2D eigenvalue weighted by Crippen LogP contribution is -2.38. The Morgan fingerprint density at radius 2 is 0.575 bits per heavy atom. The first-order valence-corrected chi connectivity index (χ1v) is 44.3. The Hall–Kier alpha value is -7.15. The molecule has 5 saturated heterocycles. The van der Waals surface area contributed by atoms with Gasteiger partial charge in [0.1, 0.15) is 17.9 Å². The van der Waals surface area contributed by atoms with Gasteiger partial charge in [-0.25, -0.2) is 4.39 Å². The van der Waals surface area contributed by atoms with Crippen molar-refractivity contribution in [1.82, 2.24) is 24.5 Å². The third-order valence-corrected chi connectivity index (χ3v) is 29.5. The average Bonchev–Trinajstić information content (AvgIpc) is 1.64. The molecule has 0 saturated carbocycles. The number of hydrogen-bond acceptors (Lipinski definition) is 7. The first-order chi connectivity index (χ1) is 56.1. The Kier molecular flexibility index (Phi) is 32.8. The lowest BCUT2D eigenvalue weighted by molar-refractivity contribution is 0.112. The maximum atomic E-state index is 13.4. The Bertz CT molecular complexity index is 4990. The molecule has 0 spiro atoms. The molecule has 120 heavy (non-hydrogen) atoms. The normalized spacial score (nSPS) is 25.6. The Balaban J connectivity index is 0.000000145. The second kappa shape index (κ2) is 42.0. The van der Waals surface area contributed by atoms with Gasteiger partial charge in [-0.2, -0.15) is 0 Å². The molecule has 5 aliphatic carbocycles. The maximum Gasteiger partial charge on any atom is 0.150 e. The van der Waals surface area contributed by atoms with Gasteiger partial charge in [0, 0.05) is 97.5 Å². The molecule has 20 rings (SSSR count).